The zero-order valence-corrected chi connectivity index (χ0v) is 22.4. The third-order valence-electron chi connectivity index (χ3n) is 7.08. The molecule has 0 saturated carbocycles. The van der Waals surface area contributed by atoms with Crippen LogP contribution in [0.5, 0.6) is 0 Å². The molecule has 9 nitrogen and oxygen atoms in total. The van der Waals surface area contributed by atoms with E-state index in [1.165, 1.54) is 5.56 Å². The molecule has 4 aromatic rings. The first-order valence-corrected chi connectivity index (χ1v) is 14.3. The topological polar surface area (TPSA) is 123 Å². The van der Waals surface area contributed by atoms with Crippen molar-refractivity contribution in [2.45, 2.75) is 42.8 Å². The molecule has 198 valence electrons. The van der Waals surface area contributed by atoms with Crippen LogP contribution in [0, 0.1) is 0 Å². The van der Waals surface area contributed by atoms with Crippen LogP contribution in [0.15, 0.2) is 71.8 Å². The molecule has 2 aromatic heterocycles. The number of carbonyl (C=O) groups is 1. The molecular formula is C28H32N6O3S. The molecule has 1 amide bonds. The number of fused-ring (bicyclic) bond motifs is 1. The van der Waals surface area contributed by atoms with E-state index in [1.807, 2.05) is 30.3 Å². The van der Waals surface area contributed by atoms with Crippen molar-refractivity contribution in [2.24, 2.45) is 5.73 Å². The van der Waals surface area contributed by atoms with Crippen molar-refractivity contribution in [3.8, 4) is 11.3 Å². The van der Waals surface area contributed by atoms with Crippen LogP contribution in [0.2, 0.25) is 0 Å². The Morgan fingerprint density at radius 1 is 1.08 bits per heavy atom. The van der Waals surface area contributed by atoms with Gasteiger partial charge in [-0.25, -0.2) is 17.9 Å². The summed E-state index contributed by atoms with van der Waals surface area (Å²) in [7, 11) is -3.39. The van der Waals surface area contributed by atoms with E-state index in [-0.39, 0.29) is 5.91 Å². The number of nitrogens with two attached hydrogens (primary N) is 1. The third-order valence-corrected chi connectivity index (χ3v) is 9.23. The number of sulfone groups is 1. The molecule has 1 fully saturated rings. The van der Waals surface area contributed by atoms with E-state index in [0.717, 1.165) is 48.4 Å². The summed E-state index contributed by atoms with van der Waals surface area (Å²) >= 11 is 0. The first-order chi connectivity index (χ1) is 18.2. The molecule has 38 heavy (non-hydrogen) atoms. The summed E-state index contributed by atoms with van der Waals surface area (Å²) in [5, 5.41) is 7.46. The Kier molecular flexibility index (Phi) is 7.18. The second kappa shape index (κ2) is 10.5. The number of benzene rings is 2. The normalized spacial score (nSPS) is 15.2. The Bertz CT molecular complexity index is 1560. The van der Waals surface area contributed by atoms with Gasteiger partial charge < -0.3 is 11.1 Å². The van der Waals surface area contributed by atoms with Gasteiger partial charge in [-0.15, -0.1) is 5.10 Å². The van der Waals surface area contributed by atoms with E-state index in [4.69, 9.17) is 5.73 Å². The number of anilines is 2. The summed E-state index contributed by atoms with van der Waals surface area (Å²) in [4.78, 5) is 18.0. The number of nitrogens with one attached hydrogen (secondary N) is 1. The Hall–Kier alpha value is -3.76. The summed E-state index contributed by atoms with van der Waals surface area (Å²) < 4.78 is 27.2. The van der Waals surface area contributed by atoms with Crippen LogP contribution in [0.1, 0.15) is 38.2 Å². The number of amides is 1. The van der Waals surface area contributed by atoms with Crippen LogP contribution in [-0.4, -0.2) is 58.7 Å². The number of piperidine rings is 1. The van der Waals surface area contributed by atoms with Gasteiger partial charge in [0.2, 0.25) is 11.9 Å². The van der Waals surface area contributed by atoms with Crippen molar-refractivity contribution in [3.05, 3.63) is 72.4 Å². The predicted molar refractivity (Wildman–Crippen MR) is 148 cm³/mol. The van der Waals surface area contributed by atoms with Crippen molar-refractivity contribution in [3.63, 3.8) is 0 Å². The Morgan fingerprint density at radius 3 is 2.50 bits per heavy atom. The fourth-order valence-electron chi connectivity index (χ4n) is 4.89. The Morgan fingerprint density at radius 2 is 1.82 bits per heavy atom. The summed E-state index contributed by atoms with van der Waals surface area (Å²) in [6.07, 6.45) is 3.73. The van der Waals surface area contributed by atoms with E-state index >= 15 is 0 Å². The molecule has 10 heteroatoms. The second-order valence-corrected chi connectivity index (χ2v) is 12.5. The molecule has 0 radical (unpaired) electrons. The molecule has 5 rings (SSSR count). The average molecular weight is 533 g/mol. The zero-order chi connectivity index (χ0) is 26.9. The SMILES string of the molecule is CC(C)S(=O)(=O)c1cccc(-c2ccc3cnc(Nc4ccc(C5CCN(CC(N)=O)CC5)cc4)nn23)c1. The minimum absolute atomic E-state index is 0.279. The van der Waals surface area contributed by atoms with Gasteiger partial charge in [0.1, 0.15) is 0 Å². The van der Waals surface area contributed by atoms with E-state index < -0.39 is 15.1 Å². The number of hydrogen-bond acceptors (Lipinski definition) is 7. The lowest BCUT2D eigenvalue weighted by Crippen LogP contribution is -2.39. The van der Waals surface area contributed by atoms with Gasteiger partial charge in [-0.2, -0.15) is 0 Å². The Balaban J connectivity index is 1.32. The quantitative estimate of drug-likeness (QED) is 0.352. The molecule has 1 aliphatic heterocycles. The molecular weight excluding hydrogens is 500 g/mol. The van der Waals surface area contributed by atoms with E-state index in [1.54, 1.807) is 42.8 Å². The van der Waals surface area contributed by atoms with Gasteiger partial charge in [0, 0.05) is 11.3 Å². The van der Waals surface area contributed by atoms with Gasteiger partial charge in [-0.3, -0.25) is 9.69 Å². The highest BCUT2D eigenvalue weighted by atomic mass is 32.2. The lowest BCUT2D eigenvalue weighted by Gasteiger charge is -2.31. The molecule has 0 aliphatic carbocycles. The fraction of sp³-hybridized carbons (Fsp3) is 0.321. The molecule has 0 unspecified atom stereocenters. The van der Waals surface area contributed by atoms with Crippen molar-refractivity contribution < 1.29 is 13.2 Å². The Labute approximate surface area is 222 Å². The summed E-state index contributed by atoms with van der Waals surface area (Å²) in [6.45, 7) is 5.43. The predicted octanol–water partition coefficient (Wildman–Crippen LogP) is 3.99. The van der Waals surface area contributed by atoms with E-state index in [2.05, 4.69) is 32.4 Å². The summed E-state index contributed by atoms with van der Waals surface area (Å²) in [5.41, 5.74) is 9.82. The highest BCUT2D eigenvalue weighted by Gasteiger charge is 2.22. The number of primary amides is 1. The van der Waals surface area contributed by atoms with Gasteiger partial charge >= 0.3 is 0 Å². The highest BCUT2D eigenvalue weighted by Crippen LogP contribution is 2.30. The van der Waals surface area contributed by atoms with E-state index in [0.29, 0.717) is 23.3 Å². The van der Waals surface area contributed by atoms with Crippen LogP contribution in [0.25, 0.3) is 16.8 Å². The minimum atomic E-state index is -3.39. The molecule has 0 atom stereocenters. The van der Waals surface area contributed by atoms with E-state index in [9.17, 15) is 13.2 Å². The van der Waals surface area contributed by atoms with Crippen molar-refractivity contribution in [2.75, 3.05) is 25.0 Å². The lowest BCUT2D eigenvalue weighted by atomic mass is 9.89. The van der Waals surface area contributed by atoms with Crippen LogP contribution in [0.3, 0.4) is 0 Å². The molecule has 2 aromatic carbocycles. The maximum atomic E-state index is 12.7. The molecule has 0 spiro atoms. The number of rotatable bonds is 8. The second-order valence-electron chi connectivity index (χ2n) is 10.0. The first-order valence-electron chi connectivity index (χ1n) is 12.8. The molecule has 3 heterocycles. The number of likely N-dealkylation sites (tertiary alicyclic amines) is 1. The molecule has 0 bridgehead atoms. The van der Waals surface area contributed by atoms with Crippen LogP contribution in [-0.2, 0) is 14.6 Å². The van der Waals surface area contributed by atoms with Crippen molar-refractivity contribution in [1.29, 1.82) is 0 Å². The number of aromatic nitrogens is 3. The lowest BCUT2D eigenvalue weighted by molar-refractivity contribution is -0.119. The monoisotopic (exact) mass is 532 g/mol. The van der Waals surface area contributed by atoms with Crippen LogP contribution >= 0.6 is 0 Å². The standard InChI is InChI=1S/C28H32N6O3S/c1-19(2)38(36,37)25-5-3-4-22(16-25)26-11-10-24-17-30-28(32-34(24)26)31-23-8-6-20(7-9-23)21-12-14-33(15-13-21)18-27(29)35/h3-11,16-17,19,21H,12-15,18H2,1-2H3,(H2,29,35)(H,31,32). The fourth-order valence-corrected chi connectivity index (χ4v) is 6.00. The minimum Gasteiger partial charge on any atom is -0.369 e. The zero-order valence-electron chi connectivity index (χ0n) is 21.5. The molecule has 1 saturated heterocycles. The summed E-state index contributed by atoms with van der Waals surface area (Å²) in [6, 6.07) is 19.1. The van der Waals surface area contributed by atoms with Gasteiger partial charge in [-0.05, 0) is 87.7 Å². The van der Waals surface area contributed by atoms with Gasteiger partial charge in [0.05, 0.1) is 34.1 Å². The number of carbonyl (C=O) groups excluding carboxylic acids is 1. The highest BCUT2D eigenvalue weighted by molar-refractivity contribution is 7.92. The molecule has 1 aliphatic rings. The van der Waals surface area contributed by atoms with Crippen LogP contribution in [0.4, 0.5) is 11.6 Å². The maximum Gasteiger partial charge on any atom is 0.245 e. The first kappa shape index (κ1) is 25.9. The molecule has 3 N–H and O–H groups in total. The average Bonchev–Trinajstić information content (AvgIpc) is 3.33. The third kappa shape index (κ3) is 5.41. The van der Waals surface area contributed by atoms with Gasteiger partial charge in [0.15, 0.2) is 9.84 Å². The largest absolute Gasteiger partial charge is 0.369 e. The van der Waals surface area contributed by atoms with Crippen LogP contribution < -0.4 is 11.1 Å². The van der Waals surface area contributed by atoms with Crippen molar-refractivity contribution >= 4 is 32.9 Å². The number of hydrogen-bond donors (Lipinski definition) is 2. The number of nitrogens with zero attached hydrogens (tertiary/aromatic N) is 4. The van der Waals surface area contributed by atoms with Crippen molar-refractivity contribution in [1.82, 2.24) is 19.5 Å². The van der Waals surface area contributed by atoms with Gasteiger partial charge in [-0.1, -0.05) is 24.3 Å². The summed E-state index contributed by atoms with van der Waals surface area (Å²) in [5.74, 6) is 0.616. The smallest absolute Gasteiger partial charge is 0.245 e. The maximum absolute atomic E-state index is 12.7. The van der Waals surface area contributed by atoms with Gasteiger partial charge in [0.25, 0.3) is 0 Å².